The summed E-state index contributed by atoms with van der Waals surface area (Å²) in [6.45, 7) is 2.84. The molecule has 7 aliphatic rings. The van der Waals surface area contributed by atoms with Gasteiger partial charge in [0, 0.05) is 13.7 Å². The molecule has 2 saturated heterocycles. The quantitative estimate of drug-likeness (QED) is 0.200. The third-order valence-electron chi connectivity index (χ3n) is 11.2. The van der Waals surface area contributed by atoms with Crippen molar-refractivity contribution in [2.24, 2.45) is 17.8 Å². The van der Waals surface area contributed by atoms with Gasteiger partial charge in [-0.3, -0.25) is 0 Å². The Morgan fingerprint density at radius 2 is 1.12 bits per heavy atom. The number of ether oxygens (including phenoxy) is 9. The standard InChI is InChI=1S/C34H56O9/c1-35-31-24-40-34(43-30-18-19-36-23-30,39-22-25-8-2-3-9-25)33(38-21-27-16-17-27,37-20-26-10-6-11-26)32(31,42-29-14-7-15-29)41-28-12-4-5-13-28/h25-31H,2-24H2,1H3. The van der Waals surface area contributed by atoms with Crippen LogP contribution in [0.2, 0.25) is 0 Å². The topological polar surface area (TPSA) is 83.1 Å². The molecule has 5 atom stereocenters. The van der Waals surface area contributed by atoms with E-state index in [1.807, 2.05) is 0 Å². The maximum absolute atomic E-state index is 7.33. The fourth-order valence-electron chi connectivity index (χ4n) is 7.71. The van der Waals surface area contributed by atoms with Gasteiger partial charge in [-0.15, -0.1) is 0 Å². The van der Waals surface area contributed by atoms with E-state index in [9.17, 15) is 0 Å². The molecule has 0 bridgehead atoms. The summed E-state index contributed by atoms with van der Waals surface area (Å²) in [4.78, 5) is 0. The van der Waals surface area contributed by atoms with Crippen LogP contribution in [0.5, 0.6) is 0 Å². The van der Waals surface area contributed by atoms with Crippen LogP contribution in [-0.4, -0.2) is 88.7 Å². The van der Waals surface area contributed by atoms with Gasteiger partial charge >= 0.3 is 11.8 Å². The predicted octanol–water partition coefficient (Wildman–Crippen LogP) is 5.86. The molecule has 7 fully saturated rings. The number of rotatable bonds is 16. The Morgan fingerprint density at radius 3 is 1.63 bits per heavy atom. The lowest BCUT2D eigenvalue weighted by molar-refractivity contribution is -0.595. The lowest BCUT2D eigenvalue weighted by Crippen LogP contribution is -2.83. The third-order valence-corrected chi connectivity index (χ3v) is 11.2. The molecule has 43 heavy (non-hydrogen) atoms. The molecule has 0 N–H and O–H groups in total. The van der Waals surface area contributed by atoms with Crippen LogP contribution in [0.4, 0.5) is 0 Å². The number of methoxy groups -OCH3 is 1. The summed E-state index contributed by atoms with van der Waals surface area (Å²) in [5.74, 6) is -3.41. The Labute approximate surface area is 258 Å². The maximum Gasteiger partial charge on any atom is 0.347 e. The van der Waals surface area contributed by atoms with Gasteiger partial charge in [0.1, 0.15) is 6.10 Å². The molecular formula is C34H56O9. The molecule has 9 heteroatoms. The first kappa shape index (κ1) is 31.3. The van der Waals surface area contributed by atoms with Gasteiger partial charge in [0.2, 0.25) is 0 Å². The predicted molar refractivity (Wildman–Crippen MR) is 157 cm³/mol. The molecule has 0 amide bonds. The van der Waals surface area contributed by atoms with E-state index in [2.05, 4.69) is 0 Å². The average molecular weight is 609 g/mol. The molecule has 9 nitrogen and oxygen atoms in total. The van der Waals surface area contributed by atoms with Crippen molar-refractivity contribution in [1.82, 2.24) is 0 Å². The summed E-state index contributed by atoms with van der Waals surface area (Å²) in [5, 5.41) is 0. The van der Waals surface area contributed by atoms with Crippen molar-refractivity contribution < 1.29 is 42.6 Å². The van der Waals surface area contributed by atoms with Gasteiger partial charge in [-0.05, 0) is 94.8 Å². The largest absolute Gasteiger partial charge is 0.379 e. The van der Waals surface area contributed by atoms with Crippen LogP contribution in [0, 0.1) is 17.8 Å². The number of hydrogen-bond acceptors (Lipinski definition) is 9. The van der Waals surface area contributed by atoms with Crippen LogP contribution in [0.3, 0.4) is 0 Å². The van der Waals surface area contributed by atoms with Crippen molar-refractivity contribution in [3.05, 3.63) is 0 Å². The summed E-state index contributed by atoms with van der Waals surface area (Å²) >= 11 is 0. The van der Waals surface area contributed by atoms with Crippen molar-refractivity contribution in [1.29, 1.82) is 0 Å². The van der Waals surface area contributed by atoms with Crippen molar-refractivity contribution in [3.8, 4) is 0 Å². The highest BCUT2D eigenvalue weighted by Gasteiger charge is 2.79. The zero-order chi connectivity index (χ0) is 29.2. The summed E-state index contributed by atoms with van der Waals surface area (Å²) in [6, 6.07) is 0. The Hall–Kier alpha value is -0.360. The second-order valence-electron chi connectivity index (χ2n) is 14.5. The van der Waals surface area contributed by atoms with Gasteiger partial charge in [-0.1, -0.05) is 32.1 Å². The normalized spacial score (nSPS) is 39.8. The Balaban J connectivity index is 1.35. The van der Waals surface area contributed by atoms with E-state index >= 15 is 0 Å². The monoisotopic (exact) mass is 608 g/mol. The second kappa shape index (κ2) is 13.8. The fourth-order valence-corrected chi connectivity index (χ4v) is 7.71. The lowest BCUT2D eigenvalue weighted by atomic mass is 9.85. The summed E-state index contributed by atoms with van der Waals surface area (Å²) < 4.78 is 62.1. The zero-order valence-corrected chi connectivity index (χ0v) is 26.5. The van der Waals surface area contributed by atoms with E-state index in [4.69, 9.17) is 42.6 Å². The summed E-state index contributed by atoms with van der Waals surface area (Å²) in [5.41, 5.74) is 0. The van der Waals surface area contributed by atoms with E-state index in [-0.39, 0.29) is 24.9 Å². The van der Waals surface area contributed by atoms with E-state index in [0.29, 0.717) is 50.8 Å². The van der Waals surface area contributed by atoms with Gasteiger partial charge in [0.15, 0.2) is 0 Å². The van der Waals surface area contributed by atoms with E-state index < -0.39 is 23.7 Å². The molecular weight excluding hydrogens is 552 g/mol. The van der Waals surface area contributed by atoms with Crippen LogP contribution in [0.1, 0.15) is 109 Å². The molecule has 246 valence electrons. The molecule has 0 aromatic heterocycles. The first-order valence-corrected chi connectivity index (χ1v) is 17.8. The first-order valence-electron chi connectivity index (χ1n) is 17.8. The zero-order valence-electron chi connectivity index (χ0n) is 26.5. The SMILES string of the molecule is COC1COC(OCC2CCCC2)(OC2CCOC2)C(OCC2CCC2)(OCC2CC2)C1(OC1CCCC1)OC1CCC1. The molecule has 5 saturated carbocycles. The van der Waals surface area contributed by atoms with Crippen molar-refractivity contribution >= 4 is 0 Å². The highest BCUT2D eigenvalue weighted by Crippen LogP contribution is 2.55. The second-order valence-corrected chi connectivity index (χ2v) is 14.5. The van der Waals surface area contributed by atoms with Crippen LogP contribution in [0.15, 0.2) is 0 Å². The highest BCUT2D eigenvalue weighted by atomic mass is 16.9. The molecule has 2 heterocycles. The van der Waals surface area contributed by atoms with Crippen molar-refractivity contribution in [2.75, 3.05) is 46.8 Å². The van der Waals surface area contributed by atoms with Crippen LogP contribution < -0.4 is 0 Å². The highest BCUT2D eigenvalue weighted by molar-refractivity contribution is 5.08. The fraction of sp³-hybridized carbons (Fsp3) is 1.00. The van der Waals surface area contributed by atoms with Crippen LogP contribution in [-0.2, 0) is 42.6 Å². The average Bonchev–Trinajstić information content (AvgIpc) is 3.35. The molecule has 0 aromatic carbocycles. The third kappa shape index (κ3) is 6.46. The maximum atomic E-state index is 7.33. The van der Waals surface area contributed by atoms with Gasteiger partial charge < -0.3 is 42.6 Å². The molecule has 5 unspecified atom stereocenters. The molecule has 0 radical (unpaired) electrons. The molecule has 7 rings (SSSR count). The molecule has 5 aliphatic carbocycles. The Kier molecular flexibility index (Phi) is 10.0. The Bertz CT molecular complexity index is 875. The Morgan fingerprint density at radius 1 is 0.558 bits per heavy atom. The summed E-state index contributed by atoms with van der Waals surface area (Å²) in [7, 11) is 1.72. The van der Waals surface area contributed by atoms with Gasteiger partial charge in [-0.25, -0.2) is 0 Å². The number of hydrogen-bond donors (Lipinski definition) is 0. The summed E-state index contributed by atoms with van der Waals surface area (Å²) in [6.07, 6.45) is 17.8. The smallest absolute Gasteiger partial charge is 0.347 e. The van der Waals surface area contributed by atoms with Crippen molar-refractivity contribution in [3.63, 3.8) is 0 Å². The first-order chi connectivity index (χ1) is 21.1. The van der Waals surface area contributed by atoms with E-state index in [1.165, 1.54) is 19.3 Å². The molecule has 0 aromatic rings. The molecule has 2 aliphatic heterocycles. The minimum absolute atomic E-state index is 0.00868. The minimum atomic E-state index is -1.69. The van der Waals surface area contributed by atoms with Crippen LogP contribution >= 0.6 is 0 Å². The van der Waals surface area contributed by atoms with E-state index in [1.54, 1.807) is 7.11 Å². The van der Waals surface area contributed by atoms with Crippen LogP contribution in [0.25, 0.3) is 0 Å². The van der Waals surface area contributed by atoms with Gasteiger partial charge in [0.25, 0.3) is 5.79 Å². The van der Waals surface area contributed by atoms with E-state index in [0.717, 1.165) is 89.9 Å². The van der Waals surface area contributed by atoms with Gasteiger partial charge in [0.05, 0.1) is 51.3 Å². The molecule has 0 spiro atoms. The van der Waals surface area contributed by atoms with Crippen molar-refractivity contribution in [2.45, 2.75) is 151 Å². The van der Waals surface area contributed by atoms with Gasteiger partial charge in [-0.2, -0.15) is 0 Å². The lowest BCUT2D eigenvalue weighted by Gasteiger charge is -2.61. The minimum Gasteiger partial charge on any atom is -0.379 e.